The van der Waals surface area contributed by atoms with Crippen molar-refractivity contribution in [2.45, 2.75) is 32.1 Å². The van der Waals surface area contributed by atoms with Crippen LogP contribution in [0.5, 0.6) is 11.5 Å². The lowest BCUT2D eigenvalue weighted by Crippen LogP contribution is -2.50. The Bertz CT molecular complexity index is 1270. The molecular formula is C26H29N3O7. The fourth-order valence-electron chi connectivity index (χ4n) is 5.63. The lowest BCUT2D eigenvalue weighted by Gasteiger charge is -2.38. The third-order valence-electron chi connectivity index (χ3n) is 7.18. The molecule has 4 heterocycles. The second-order valence-electron chi connectivity index (χ2n) is 9.15. The Morgan fingerprint density at radius 2 is 2.03 bits per heavy atom. The third kappa shape index (κ3) is 3.96. The summed E-state index contributed by atoms with van der Waals surface area (Å²) in [6.07, 6.45) is 3.53. The summed E-state index contributed by atoms with van der Waals surface area (Å²) in [6.45, 7) is 1.97. The molecule has 2 aromatic rings. The summed E-state index contributed by atoms with van der Waals surface area (Å²) in [5, 5.41) is 13.3. The van der Waals surface area contributed by atoms with Crippen molar-refractivity contribution in [1.82, 2.24) is 14.8 Å². The number of aliphatic hydroxyl groups excluding tert-OH is 1. The van der Waals surface area contributed by atoms with Crippen molar-refractivity contribution in [3.05, 3.63) is 63.6 Å². The van der Waals surface area contributed by atoms with E-state index in [1.54, 1.807) is 39.8 Å². The van der Waals surface area contributed by atoms with Crippen LogP contribution in [0.3, 0.4) is 0 Å². The number of benzene rings is 1. The van der Waals surface area contributed by atoms with Crippen LogP contribution >= 0.6 is 0 Å². The number of hydrogen-bond donors (Lipinski definition) is 2. The number of amides is 2. The van der Waals surface area contributed by atoms with Crippen LogP contribution in [0.1, 0.15) is 29.8 Å². The molecule has 0 radical (unpaired) electrons. The number of aromatic nitrogens is 1. The molecule has 3 aliphatic heterocycles. The van der Waals surface area contributed by atoms with Gasteiger partial charge in [0, 0.05) is 44.0 Å². The number of carbonyl (C=O) groups is 2. The number of fused-ring (bicyclic) bond motifs is 5. The van der Waals surface area contributed by atoms with Crippen molar-refractivity contribution >= 4 is 17.9 Å². The highest BCUT2D eigenvalue weighted by atomic mass is 16.7. The first kappa shape index (κ1) is 24.1. The van der Waals surface area contributed by atoms with Crippen LogP contribution in [0.2, 0.25) is 0 Å². The highest BCUT2D eigenvalue weighted by Crippen LogP contribution is 2.48. The third-order valence-corrected chi connectivity index (χ3v) is 7.18. The number of ether oxygens (including phenoxy) is 3. The van der Waals surface area contributed by atoms with E-state index in [0.29, 0.717) is 22.8 Å². The fourth-order valence-corrected chi connectivity index (χ4v) is 5.63. The van der Waals surface area contributed by atoms with E-state index in [2.05, 4.69) is 5.32 Å². The van der Waals surface area contributed by atoms with Gasteiger partial charge in [-0.1, -0.05) is 18.2 Å². The van der Waals surface area contributed by atoms with Gasteiger partial charge in [0.1, 0.15) is 6.61 Å². The van der Waals surface area contributed by atoms with Gasteiger partial charge in [-0.25, -0.2) is 0 Å². The first-order chi connectivity index (χ1) is 17.5. The average Bonchev–Trinajstić information content (AvgIpc) is 3.44. The van der Waals surface area contributed by atoms with Crippen LogP contribution in [0.25, 0.3) is 6.08 Å². The Hall–Kier alpha value is -3.63. The molecule has 10 nitrogen and oxygen atoms in total. The summed E-state index contributed by atoms with van der Waals surface area (Å²) in [5.41, 5.74) is 1.75. The Morgan fingerprint density at radius 3 is 2.78 bits per heavy atom. The number of nitrogens with zero attached hydrogens (tertiary/aromatic N) is 2. The zero-order valence-electron chi connectivity index (χ0n) is 20.2. The van der Waals surface area contributed by atoms with Crippen molar-refractivity contribution in [3.63, 3.8) is 0 Å². The SMILES string of the molecule is CC=Cc1ccc2n(c1=O)C[C@@H]1[C@@H](CO)[C@H](C(=O)NCc3ccc4c(c3)OCO4)[C@H]2N1C(=O)COC. The minimum Gasteiger partial charge on any atom is -0.454 e. The molecule has 36 heavy (non-hydrogen) atoms. The topological polar surface area (TPSA) is 119 Å². The van der Waals surface area contributed by atoms with E-state index >= 15 is 0 Å². The number of aliphatic hydroxyl groups is 1. The van der Waals surface area contributed by atoms with Gasteiger partial charge in [-0.3, -0.25) is 14.4 Å². The maximum atomic E-state index is 13.6. The summed E-state index contributed by atoms with van der Waals surface area (Å²) in [7, 11) is 1.44. The number of carbonyl (C=O) groups excluding carboxylic acids is 2. The van der Waals surface area contributed by atoms with E-state index in [0.717, 1.165) is 5.56 Å². The summed E-state index contributed by atoms with van der Waals surface area (Å²) >= 11 is 0. The molecule has 0 unspecified atom stereocenters. The molecule has 0 saturated carbocycles. The monoisotopic (exact) mass is 495 g/mol. The fraction of sp³-hybridized carbons (Fsp3) is 0.423. The van der Waals surface area contributed by atoms with E-state index in [-0.39, 0.29) is 50.5 Å². The van der Waals surface area contributed by atoms with Gasteiger partial charge in [0.05, 0.1) is 18.0 Å². The smallest absolute Gasteiger partial charge is 0.258 e. The summed E-state index contributed by atoms with van der Waals surface area (Å²) in [4.78, 5) is 41.5. The van der Waals surface area contributed by atoms with Gasteiger partial charge in [-0.2, -0.15) is 0 Å². The van der Waals surface area contributed by atoms with E-state index in [4.69, 9.17) is 14.2 Å². The molecule has 10 heteroatoms. The van der Waals surface area contributed by atoms with E-state index in [1.165, 1.54) is 7.11 Å². The second-order valence-corrected chi connectivity index (χ2v) is 9.15. The van der Waals surface area contributed by atoms with Crippen molar-refractivity contribution in [2.24, 2.45) is 11.8 Å². The number of rotatable bonds is 7. The molecule has 1 aromatic carbocycles. The van der Waals surface area contributed by atoms with Gasteiger partial charge in [-0.15, -0.1) is 0 Å². The predicted molar refractivity (Wildman–Crippen MR) is 129 cm³/mol. The molecule has 1 fully saturated rings. The zero-order valence-corrected chi connectivity index (χ0v) is 20.2. The Morgan fingerprint density at radius 1 is 1.22 bits per heavy atom. The number of nitrogens with one attached hydrogen (secondary N) is 1. The standard InChI is InChI=1S/C26H29N3O7/c1-3-4-16-6-7-18-24-23(25(32)27-10-15-5-8-20-21(9-15)36-14-35-20)17(12-30)19(11-28(18)26(16)33)29(24)22(31)13-34-2/h3-9,17,19,23-24,30H,10-14H2,1-2H3,(H,27,32)/t17-,19-,23+,24+/m1/s1. The van der Waals surface area contributed by atoms with Gasteiger partial charge < -0.3 is 34.1 Å². The normalized spacial score (nSPS) is 23.7. The highest BCUT2D eigenvalue weighted by Gasteiger charge is 2.57. The first-order valence-corrected chi connectivity index (χ1v) is 11.9. The maximum absolute atomic E-state index is 13.6. The first-order valence-electron chi connectivity index (χ1n) is 11.9. The zero-order chi connectivity index (χ0) is 25.4. The van der Waals surface area contributed by atoms with E-state index in [9.17, 15) is 19.5 Å². The molecule has 1 aromatic heterocycles. The van der Waals surface area contributed by atoms with Gasteiger partial charge >= 0.3 is 0 Å². The van der Waals surface area contributed by atoms with Crippen LogP contribution < -0.4 is 20.3 Å². The number of allylic oxidation sites excluding steroid dienone is 1. The van der Waals surface area contributed by atoms with Crippen molar-refractivity contribution < 1.29 is 28.9 Å². The largest absolute Gasteiger partial charge is 0.454 e. The van der Waals surface area contributed by atoms with Crippen LogP contribution in [-0.4, -0.2) is 59.5 Å². The van der Waals surface area contributed by atoms with Gasteiger partial charge in [0.15, 0.2) is 11.5 Å². The molecule has 1 saturated heterocycles. The Labute approximate surface area is 208 Å². The van der Waals surface area contributed by atoms with E-state index in [1.807, 2.05) is 19.1 Å². The molecule has 2 bridgehead atoms. The summed E-state index contributed by atoms with van der Waals surface area (Å²) in [6, 6.07) is 7.73. The molecule has 2 amide bonds. The molecule has 3 aliphatic rings. The Balaban J connectivity index is 1.48. The van der Waals surface area contributed by atoms with Crippen molar-refractivity contribution in [2.75, 3.05) is 27.1 Å². The summed E-state index contributed by atoms with van der Waals surface area (Å²) in [5.74, 6) is -0.594. The van der Waals surface area contributed by atoms with Crippen molar-refractivity contribution in [1.29, 1.82) is 0 Å². The van der Waals surface area contributed by atoms with Gasteiger partial charge in [0.25, 0.3) is 5.56 Å². The van der Waals surface area contributed by atoms with Gasteiger partial charge in [-0.05, 0) is 36.8 Å². The van der Waals surface area contributed by atoms with Crippen LogP contribution in [0.4, 0.5) is 0 Å². The maximum Gasteiger partial charge on any atom is 0.258 e. The molecule has 190 valence electrons. The molecule has 2 N–H and O–H groups in total. The van der Waals surface area contributed by atoms with Crippen LogP contribution in [0.15, 0.2) is 41.2 Å². The lowest BCUT2D eigenvalue weighted by atomic mass is 9.86. The molecule has 0 aliphatic carbocycles. The predicted octanol–water partition coefficient (Wildman–Crippen LogP) is 1.06. The molecular weight excluding hydrogens is 466 g/mol. The molecule has 4 atom stereocenters. The average molecular weight is 496 g/mol. The lowest BCUT2D eigenvalue weighted by molar-refractivity contribution is -0.140. The molecule has 0 spiro atoms. The second kappa shape index (κ2) is 9.79. The number of hydrogen-bond acceptors (Lipinski definition) is 7. The highest BCUT2D eigenvalue weighted by molar-refractivity contribution is 5.85. The van der Waals surface area contributed by atoms with Crippen LogP contribution in [0, 0.1) is 11.8 Å². The summed E-state index contributed by atoms with van der Waals surface area (Å²) < 4.78 is 17.5. The Kier molecular flexibility index (Phi) is 6.55. The van der Waals surface area contributed by atoms with Crippen molar-refractivity contribution in [3.8, 4) is 11.5 Å². The van der Waals surface area contributed by atoms with Gasteiger partial charge in [0.2, 0.25) is 18.6 Å². The van der Waals surface area contributed by atoms with E-state index < -0.39 is 23.9 Å². The quantitative estimate of drug-likeness (QED) is 0.590. The number of pyridine rings is 1. The molecule has 5 rings (SSSR count). The van der Waals surface area contributed by atoms with Crippen LogP contribution in [-0.2, 0) is 27.4 Å². The minimum absolute atomic E-state index is 0.155. The number of methoxy groups -OCH3 is 1. The minimum atomic E-state index is -0.740.